The minimum absolute atomic E-state index is 0.137. The van der Waals surface area contributed by atoms with Gasteiger partial charge in [-0.25, -0.2) is 14.1 Å². The summed E-state index contributed by atoms with van der Waals surface area (Å²) in [4.78, 5) is 31.7. The van der Waals surface area contributed by atoms with E-state index >= 15 is 0 Å². The second-order valence-electron chi connectivity index (χ2n) is 8.33. The minimum atomic E-state index is -0.814. The van der Waals surface area contributed by atoms with Crippen LogP contribution < -0.4 is 10.9 Å². The summed E-state index contributed by atoms with van der Waals surface area (Å²) in [6.07, 6.45) is 6.60. The second kappa shape index (κ2) is 6.93. The molecular weight excluding hydrogens is 389 g/mol. The zero-order valence-corrected chi connectivity index (χ0v) is 16.4. The summed E-state index contributed by atoms with van der Waals surface area (Å²) in [5.41, 5.74) is 1.60. The van der Waals surface area contributed by atoms with Gasteiger partial charge in [-0.2, -0.15) is 5.10 Å². The van der Waals surface area contributed by atoms with Gasteiger partial charge in [0.05, 0.1) is 17.8 Å². The molecule has 30 heavy (non-hydrogen) atoms. The number of aryl methyl sites for hydroxylation is 1. The van der Waals surface area contributed by atoms with Gasteiger partial charge >= 0.3 is 5.97 Å². The van der Waals surface area contributed by atoms with Crippen molar-refractivity contribution in [2.75, 3.05) is 5.32 Å². The molecular formula is C21H22FN5O3. The molecule has 8 nitrogen and oxygen atoms in total. The van der Waals surface area contributed by atoms with Gasteiger partial charge in [0.15, 0.2) is 0 Å². The van der Waals surface area contributed by atoms with Crippen molar-refractivity contribution >= 4 is 22.7 Å². The zero-order valence-electron chi connectivity index (χ0n) is 16.4. The van der Waals surface area contributed by atoms with Crippen LogP contribution in [0.3, 0.4) is 0 Å². The quantitative estimate of drug-likeness (QED) is 0.609. The van der Waals surface area contributed by atoms with Crippen LogP contribution >= 0.6 is 0 Å². The fourth-order valence-corrected chi connectivity index (χ4v) is 5.23. The molecule has 0 saturated heterocycles. The van der Waals surface area contributed by atoms with E-state index in [-0.39, 0.29) is 23.4 Å². The third kappa shape index (κ3) is 2.96. The van der Waals surface area contributed by atoms with Crippen molar-refractivity contribution in [3.63, 3.8) is 0 Å². The number of fused-ring (bicyclic) bond motifs is 4. The molecule has 2 bridgehead atoms. The molecule has 2 atom stereocenters. The number of halogens is 1. The van der Waals surface area contributed by atoms with E-state index in [0.29, 0.717) is 28.0 Å². The number of carboxylic acids is 1. The van der Waals surface area contributed by atoms with Gasteiger partial charge in [0, 0.05) is 30.2 Å². The van der Waals surface area contributed by atoms with Crippen LogP contribution in [0.1, 0.15) is 25.7 Å². The van der Waals surface area contributed by atoms with Crippen LogP contribution in [0.5, 0.6) is 0 Å². The van der Waals surface area contributed by atoms with Crippen LogP contribution in [0.4, 0.5) is 10.1 Å². The molecule has 9 heteroatoms. The predicted octanol–water partition coefficient (Wildman–Crippen LogP) is 2.76. The summed E-state index contributed by atoms with van der Waals surface area (Å²) in [5, 5.41) is 18.0. The van der Waals surface area contributed by atoms with Crippen molar-refractivity contribution < 1.29 is 14.3 Å². The fraction of sp³-hybridized carbons (Fsp3) is 0.429. The first-order chi connectivity index (χ1) is 14.4. The Kier molecular flexibility index (Phi) is 4.34. The van der Waals surface area contributed by atoms with E-state index in [0.717, 1.165) is 31.9 Å². The first-order valence-corrected chi connectivity index (χ1v) is 10.1. The van der Waals surface area contributed by atoms with E-state index in [4.69, 9.17) is 0 Å². The molecule has 0 aromatic carbocycles. The molecule has 3 aromatic heterocycles. The van der Waals surface area contributed by atoms with Crippen LogP contribution in [-0.4, -0.2) is 36.9 Å². The van der Waals surface area contributed by atoms with Gasteiger partial charge in [0.2, 0.25) is 0 Å². The van der Waals surface area contributed by atoms with Crippen LogP contribution in [0.15, 0.2) is 29.3 Å². The molecule has 3 heterocycles. The van der Waals surface area contributed by atoms with Crippen molar-refractivity contribution in [1.29, 1.82) is 0 Å². The number of nitrogens with zero attached hydrogens (tertiary/aromatic N) is 3. The number of anilines is 1. The van der Waals surface area contributed by atoms with Crippen LogP contribution in [-0.2, 0) is 11.8 Å². The highest BCUT2D eigenvalue weighted by Gasteiger charge is 2.47. The first-order valence-electron chi connectivity index (χ1n) is 10.1. The Balaban J connectivity index is 1.56. The van der Waals surface area contributed by atoms with Crippen molar-refractivity contribution in [2.45, 2.75) is 31.7 Å². The number of aliphatic carboxylic acids is 1. The number of hydrogen-bond acceptors (Lipinski definition) is 5. The summed E-state index contributed by atoms with van der Waals surface area (Å²) in [6.45, 7) is 0. The van der Waals surface area contributed by atoms with E-state index in [2.05, 4.69) is 20.4 Å². The van der Waals surface area contributed by atoms with E-state index in [1.54, 1.807) is 19.3 Å². The number of pyridine rings is 1. The Labute approximate surface area is 171 Å². The van der Waals surface area contributed by atoms with Crippen molar-refractivity contribution in [2.24, 2.45) is 24.8 Å². The second-order valence-corrected chi connectivity index (χ2v) is 8.33. The molecule has 156 valence electrons. The number of H-pyrrole nitrogens is 1. The van der Waals surface area contributed by atoms with Crippen molar-refractivity contribution in [3.05, 3.63) is 40.7 Å². The van der Waals surface area contributed by atoms with Gasteiger partial charge < -0.3 is 15.4 Å². The molecule has 0 radical (unpaired) electrons. The number of carbonyl (C=O) groups is 1. The zero-order chi connectivity index (χ0) is 21.0. The lowest BCUT2D eigenvalue weighted by Gasteiger charge is -2.47. The van der Waals surface area contributed by atoms with Crippen LogP contribution in [0.2, 0.25) is 0 Å². The summed E-state index contributed by atoms with van der Waals surface area (Å²) < 4.78 is 14.9. The van der Waals surface area contributed by atoms with Gasteiger partial charge in [0.1, 0.15) is 17.2 Å². The Morgan fingerprint density at radius 2 is 2.00 bits per heavy atom. The summed E-state index contributed by atoms with van der Waals surface area (Å²) in [5.74, 6) is -1.42. The number of aromatic nitrogens is 4. The van der Waals surface area contributed by atoms with Gasteiger partial charge in [-0.1, -0.05) is 0 Å². The monoisotopic (exact) mass is 411 g/mol. The maximum Gasteiger partial charge on any atom is 0.308 e. The fourth-order valence-electron chi connectivity index (χ4n) is 5.23. The lowest BCUT2D eigenvalue weighted by molar-refractivity contribution is -0.148. The number of nitrogens with one attached hydrogen (secondary N) is 2. The maximum atomic E-state index is 13.7. The molecule has 0 spiro atoms. The highest BCUT2D eigenvalue weighted by molar-refractivity contribution is 5.92. The van der Waals surface area contributed by atoms with Crippen molar-refractivity contribution in [3.8, 4) is 11.3 Å². The molecule has 3 saturated carbocycles. The smallest absolute Gasteiger partial charge is 0.308 e. The number of hydrogen-bond donors (Lipinski definition) is 3. The van der Waals surface area contributed by atoms with E-state index in [1.165, 1.54) is 10.7 Å². The molecule has 0 amide bonds. The Morgan fingerprint density at radius 3 is 2.73 bits per heavy atom. The molecule has 3 fully saturated rings. The van der Waals surface area contributed by atoms with Gasteiger partial charge in [-0.3, -0.25) is 9.59 Å². The number of aromatic amines is 1. The normalized spacial score (nSPS) is 25.5. The Bertz CT molecular complexity index is 1200. The Morgan fingerprint density at radius 1 is 1.27 bits per heavy atom. The predicted molar refractivity (Wildman–Crippen MR) is 109 cm³/mol. The average Bonchev–Trinajstić information content (AvgIpc) is 3.14. The summed E-state index contributed by atoms with van der Waals surface area (Å²) in [7, 11) is 1.55. The highest BCUT2D eigenvalue weighted by Crippen LogP contribution is 2.46. The van der Waals surface area contributed by atoms with Gasteiger partial charge in [-0.15, -0.1) is 0 Å². The lowest BCUT2D eigenvalue weighted by atomic mass is 9.61. The lowest BCUT2D eigenvalue weighted by Crippen LogP contribution is -2.52. The summed E-state index contributed by atoms with van der Waals surface area (Å²) in [6, 6.07) is 2.70. The maximum absolute atomic E-state index is 13.7. The van der Waals surface area contributed by atoms with Crippen molar-refractivity contribution in [1.82, 2.24) is 19.7 Å². The largest absolute Gasteiger partial charge is 0.481 e. The van der Waals surface area contributed by atoms with Crippen LogP contribution in [0.25, 0.3) is 22.3 Å². The first kappa shape index (κ1) is 18.8. The molecule has 3 aliphatic rings. The SMILES string of the molecule is Cn1nc(-c2c[nH]c3ncc(F)cc23)cc(NC2[C@H]3CC[C@H](CC3)[C@@H]2C(=O)O)c1=O. The third-order valence-electron chi connectivity index (χ3n) is 6.66. The topological polar surface area (TPSA) is 113 Å². The highest BCUT2D eigenvalue weighted by atomic mass is 19.1. The molecule has 3 N–H and O–H groups in total. The van der Waals surface area contributed by atoms with E-state index < -0.39 is 17.7 Å². The average molecular weight is 411 g/mol. The molecule has 1 unspecified atom stereocenters. The number of rotatable bonds is 4. The van der Waals surface area contributed by atoms with E-state index in [9.17, 15) is 19.1 Å². The molecule has 0 aliphatic heterocycles. The van der Waals surface area contributed by atoms with E-state index in [1.807, 2.05) is 0 Å². The standard InChI is InChI=1S/C21H22FN5O3/c1-27-20(28)16(25-18-11-4-2-10(3-5-11)17(18)21(29)30)7-15(26-27)14-9-24-19-13(14)6-12(22)8-23-19/h6-11,17-18,25H,2-5H2,1H3,(H,23,24)(H,29,30)/t10-,11+,17-,18?/m0/s1. The minimum Gasteiger partial charge on any atom is -0.481 e. The summed E-state index contributed by atoms with van der Waals surface area (Å²) >= 11 is 0. The number of carboxylic acid groups (broad SMARTS) is 1. The molecule has 3 aromatic rings. The Hall–Kier alpha value is -3.23. The van der Waals surface area contributed by atoms with Gasteiger partial charge in [-0.05, 0) is 49.7 Å². The van der Waals surface area contributed by atoms with Gasteiger partial charge in [0.25, 0.3) is 5.56 Å². The molecule has 3 aliphatic carbocycles. The molecule has 6 rings (SSSR count). The third-order valence-corrected chi connectivity index (χ3v) is 6.66. The van der Waals surface area contributed by atoms with Crippen LogP contribution in [0, 0.1) is 23.6 Å².